The first-order valence-corrected chi connectivity index (χ1v) is 8.35. The van der Waals surface area contributed by atoms with Crippen LogP contribution in [0.3, 0.4) is 0 Å². The van der Waals surface area contributed by atoms with Gasteiger partial charge in [-0.2, -0.15) is 5.10 Å². The number of hydrogen-bond donors (Lipinski definition) is 3. The molecule has 1 aromatic heterocycles. The SMILES string of the molecule is CC1NNC(C)C1CCc1n[nH]c(=O)n1-c1ccc(Cl)cc1Cl. The van der Waals surface area contributed by atoms with Crippen LogP contribution in [0.15, 0.2) is 23.0 Å². The maximum Gasteiger partial charge on any atom is 0.347 e. The van der Waals surface area contributed by atoms with E-state index in [1.807, 2.05) is 0 Å². The molecule has 6 nitrogen and oxygen atoms in total. The fraction of sp³-hybridized carbons (Fsp3) is 0.467. The van der Waals surface area contributed by atoms with E-state index >= 15 is 0 Å². The highest BCUT2D eigenvalue weighted by Crippen LogP contribution is 2.25. The molecule has 0 spiro atoms. The molecule has 2 aromatic rings. The molecule has 1 aliphatic heterocycles. The third-order valence-corrected chi connectivity index (χ3v) is 4.95. The Morgan fingerprint density at radius 2 is 1.91 bits per heavy atom. The molecule has 0 bridgehead atoms. The normalized spacial score (nSPS) is 24.3. The van der Waals surface area contributed by atoms with Crippen LogP contribution in [0.1, 0.15) is 26.1 Å². The highest BCUT2D eigenvalue weighted by Gasteiger charge is 2.29. The summed E-state index contributed by atoms with van der Waals surface area (Å²) in [5.41, 5.74) is 6.77. The van der Waals surface area contributed by atoms with Gasteiger partial charge in [0.25, 0.3) is 0 Å². The van der Waals surface area contributed by atoms with Crippen molar-refractivity contribution in [3.8, 4) is 5.69 Å². The lowest BCUT2D eigenvalue weighted by molar-refractivity contribution is 0.409. The van der Waals surface area contributed by atoms with Gasteiger partial charge in [0, 0.05) is 23.5 Å². The Labute approximate surface area is 144 Å². The lowest BCUT2D eigenvalue weighted by atomic mass is 9.91. The molecule has 0 radical (unpaired) electrons. The first-order valence-electron chi connectivity index (χ1n) is 7.60. The molecule has 124 valence electrons. The number of benzene rings is 1. The molecule has 3 rings (SSSR count). The number of nitrogens with zero attached hydrogens (tertiary/aromatic N) is 2. The molecular formula is C15H19Cl2N5O. The maximum atomic E-state index is 12.1. The Bertz CT molecular complexity index is 747. The van der Waals surface area contributed by atoms with Gasteiger partial charge in [-0.3, -0.25) is 10.9 Å². The van der Waals surface area contributed by atoms with E-state index in [4.69, 9.17) is 23.2 Å². The van der Waals surface area contributed by atoms with Crippen LogP contribution < -0.4 is 16.5 Å². The first kappa shape index (κ1) is 16.5. The minimum atomic E-state index is -0.298. The third kappa shape index (κ3) is 3.30. The molecule has 1 fully saturated rings. The maximum absolute atomic E-state index is 12.1. The van der Waals surface area contributed by atoms with Crippen LogP contribution in [0.5, 0.6) is 0 Å². The van der Waals surface area contributed by atoms with Crippen LogP contribution in [-0.4, -0.2) is 26.8 Å². The zero-order chi connectivity index (χ0) is 16.6. The molecular weight excluding hydrogens is 337 g/mol. The average Bonchev–Trinajstić information content (AvgIpc) is 3.01. The van der Waals surface area contributed by atoms with Crippen LogP contribution in [0.2, 0.25) is 10.0 Å². The van der Waals surface area contributed by atoms with Gasteiger partial charge in [0.05, 0.1) is 10.7 Å². The minimum Gasteiger partial charge on any atom is -0.254 e. The number of hydrogen-bond acceptors (Lipinski definition) is 4. The summed E-state index contributed by atoms with van der Waals surface area (Å²) in [6.45, 7) is 4.30. The van der Waals surface area contributed by atoms with Gasteiger partial charge in [0.15, 0.2) is 0 Å². The Balaban J connectivity index is 1.86. The van der Waals surface area contributed by atoms with Crippen molar-refractivity contribution in [1.82, 2.24) is 25.6 Å². The number of nitrogens with one attached hydrogen (secondary N) is 3. The molecule has 0 aliphatic carbocycles. The summed E-state index contributed by atoms with van der Waals surface area (Å²) in [6, 6.07) is 5.82. The third-order valence-electron chi connectivity index (χ3n) is 4.42. The van der Waals surface area contributed by atoms with Gasteiger partial charge in [-0.05, 0) is 44.4 Å². The van der Waals surface area contributed by atoms with Gasteiger partial charge in [-0.25, -0.2) is 14.5 Å². The van der Waals surface area contributed by atoms with Crippen molar-refractivity contribution in [3.63, 3.8) is 0 Å². The van der Waals surface area contributed by atoms with Gasteiger partial charge in [0.2, 0.25) is 0 Å². The molecule has 2 unspecified atom stereocenters. The summed E-state index contributed by atoms with van der Waals surface area (Å²) in [7, 11) is 0. The van der Waals surface area contributed by atoms with E-state index in [9.17, 15) is 4.79 Å². The zero-order valence-corrected chi connectivity index (χ0v) is 14.4. The van der Waals surface area contributed by atoms with Gasteiger partial charge in [0.1, 0.15) is 5.82 Å². The van der Waals surface area contributed by atoms with Crippen molar-refractivity contribution >= 4 is 23.2 Å². The van der Waals surface area contributed by atoms with Crippen LogP contribution >= 0.6 is 23.2 Å². The van der Waals surface area contributed by atoms with Gasteiger partial charge >= 0.3 is 5.69 Å². The highest BCUT2D eigenvalue weighted by atomic mass is 35.5. The predicted octanol–water partition coefficient (Wildman–Crippen LogP) is 2.30. The van der Waals surface area contributed by atoms with Gasteiger partial charge in [-0.15, -0.1) is 0 Å². The van der Waals surface area contributed by atoms with Crippen LogP contribution in [0.4, 0.5) is 0 Å². The molecule has 8 heteroatoms. The monoisotopic (exact) mass is 355 g/mol. The number of rotatable bonds is 4. The summed E-state index contributed by atoms with van der Waals surface area (Å²) < 4.78 is 1.52. The van der Waals surface area contributed by atoms with Crippen molar-refractivity contribution in [2.24, 2.45) is 5.92 Å². The number of H-pyrrole nitrogens is 1. The summed E-state index contributed by atoms with van der Waals surface area (Å²) in [5, 5.41) is 7.62. The molecule has 1 saturated heterocycles. The Morgan fingerprint density at radius 3 is 2.57 bits per heavy atom. The number of hydrazine groups is 1. The Kier molecular flexibility index (Phi) is 4.77. The van der Waals surface area contributed by atoms with E-state index < -0.39 is 0 Å². The lowest BCUT2D eigenvalue weighted by Gasteiger charge is -2.17. The van der Waals surface area contributed by atoms with Crippen molar-refractivity contribution in [2.45, 2.75) is 38.8 Å². The second kappa shape index (κ2) is 6.65. The van der Waals surface area contributed by atoms with E-state index in [0.29, 0.717) is 46.0 Å². The van der Waals surface area contributed by atoms with Crippen LogP contribution in [0.25, 0.3) is 5.69 Å². The van der Waals surface area contributed by atoms with E-state index in [0.717, 1.165) is 6.42 Å². The number of aryl methyl sites for hydroxylation is 1. The second-order valence-electron chi connectivity index (χ2n) is 5.94. The van der Waals surface area contributed by atoms with E-state index in [1.54, 1.807) is 18.2 Å². The average molecular weight is 356 g/mol. The van der Waals surface area contributed by atoms with E-state index in [1.165, 1.54) is 4.57 Å². The first-order chi connectivity index (χ1) is 11.0. The van der Waals surface area contributed by atoms with Crippen molar-refractivity contribution in [3.05, 3.63) is 44.6 Å². The molecule has 1 aliphatic rings. The molecule has 23 heavy (non-hydrogen) atoms. The molecule has 2 atom stereocenters. The summed E-state index contributed by atoms with van der Waals surface area (Å²) in [4.78, 5) is 12.1. The highest BCUT2D eigenvalue weighted by molar-refractivity contribution is 6.35. The Morgan fingerprint density at radius 1 is 1.22 bits per heavy atom. The zero-order valence-electron chi connectivity index (χ0n) is 12.9. The molecule has 3 N–H and O–H groups in total. The van der Waals surface area contributed by atoms with Crippen LogP contribution in [0, 0.1) is 5.92 Å². The predicted molar refractivity (Wildman–Crippen MR) is 91.2 cm³/mol. The lowest BCUT2D eigenvalue weighted by Crippen LogP contribution is -2.30. The van der Waals surface area contributed by atoms with Crippen molar-refractivity contribution < 1.29 is 0 Å². The fourth-order valence-corrected chi connectivity index (χ4v) is 3.61. The molecule has 2 heterocycles. The van der Waals surface area contributed by atoms with Crippen molar-refractivity contribution in [1.29, 1.82) is 0 Å². The largest absolute Gasteiger partial charge is 0.347 e. The van der Waals surface area contributed by atoms with Crippen molar-refractivity contribution in [2.75, 3.05) is 0 Å². The Hall–Kier alpha value is -1.34. The van der Waals surface area contributed by atoms with E-state index in [2.05, 4.69) is 34.9 Å². The molecule has 0 saturated carbocycles. The summed E-state index contributed by atoms with van der Waals surface area (Å²) in [6.07, 6.45) is 1.60. The van der Waals surface area contributed by atoms with Gasteiger partial charge in [-0.1, -0.05) is 23.2 Å². The smallest absolute Gasteiger partial charge is 0.254 e. The van der Waals surface area contributed by atoms with Gasteiger partial charge < -0.3 is 0 Å². The number of aromatic amines is 1. The quantitative estimate of drug-likeness (QED) is 0.786. The fourth-order valence-electron chi connectivity index (χ4n) is 3.11. The molecule has 1 aromatic carbocycles. The van der Waals surface area contributed by atoms with E-state index in [-0.39, 0.29) is 5.69 Å². The topological polar surface area (TPSA) is 74.7 Å². The summed E-state index contributed by atoms with van der Waals surface area (Å²) >= 11 is 12.2. The van der Waals surface area contributed by atoms with Crippen LogP contribution in [-0.2, 0) is 6.42 Å². The molecule has 0 amide bonds. The standard InChI is InChI=1S/C15H19Cl2N5O/c1-8-11(9(2)19-18-8)4-6-14-20-21-15(23)22(14)13-5-3-10(16)7-12(13)17/h3,5,7-9,11,18-19H,4,6H2,1-2H3,(H,21,23). The minimum absolute atomic E-state index is 0.298. The number of halogens is 2. The summed E-state index contributed by atoms with van der Waals surface area (Å²) in [5.74, 6) is 1.14. The second-order valence-corrected chi connectivity index (χ2v) is 6.79. The number of aromatic nitrogens is 3.